The first kappa shape index (κ1) is 8.96. The molecule has 2 aromatic heterocycles. The fourth-order valence-electron chi connectivity index (χ4n) is 1.76. The third-order valence-corrected chi connectivity index (χ3v) is 3.46. The Morgan fingerprint density at radius 1 is 1.33 bits per heavy atom. The number of aryl methyl sites for hydroxylation is 1. The molecule has 0 amide bonds. The molecular formula is C9H11N5S. The van der Waals surface area contributed by atoms with Gasteiger partial charge in [-0.2, -0.15) is 16.9 Å². The van der Waals surface area contributed by atoms with Gasteiger partial charge in [-0.15, -0.1) is 10.2 Å². The van der Waals surface area contributed by atoms with E-state index in [9.17, 15) is 0 Å². The van der Waals surface area contributed by atoms with E-state index in [2.05, 4.69) is 25.0 Å². The Morgan fingerprint density at radius 2 is 2.33 bits per heavy atom. The van der Waals surface area contributed by atoms with Crippen LogP contribution in [0.25, 0.3) is 11.5 Å². The summed E-state index contributed by atoms with van der Waals surface area (Å²) < 4.78 is 2.19. The van der Waals surface area contributed by atoms with E-state index in [1.807, 2.05) is 17.8 Å². The lowest BCUT2D eigenvalue weighted by Crippen LogP contribution is -2.05. The van der Waals surface area contributed by atoms with Crippen LogP contribution in [0.4, 0.5) is 0 Å². The summed E-state index contributed by atoms with van der Waals surface area (Å²) in [5.74, 6) is 4.27. The highest BCUT2D eigenvalue weighted by atomic mass is 32.2. The van der Waals surface area contributed by atoms with E-state index >= 15 is 0 Å². The van der Waals surface area contributed by atoms with Gasteiger partial charge in [-0.25, -0.2) is 0 Å². The van der Waals surface area contributed by atoms with Crippen molar-refractivity contribution in [3.63, 3.8) is 0 Å². The van der Waals surface area contributed by atoms with Crippen molar-refractivity contribution >= 4 is 11.8 Å². The van der Waals surface area contributed by atoms with Gasteiger partial charge in [0.15, 0.2) is 5.82 Å². The minimum Gasteiger partial charge on any atom is -0.309 e. The highest BCUT2D eigenvalue weighted by Crippen LogP contribution is 2.19. The predicted molar refractivity (Wildman–Crippen MR) is 58.6 cm³/mol. The van der Waals surface area contributed by atoms with Crippen LogP contribution in [-0.2, 0) is 13.0 Å². The predicted octanol–water partition coefficient (Wildman–Crippen LogP) is 0.957. The second-order valence-electron chi connectivity index (χ2n) is 3.42. The van der Waals surface area contributed by atoms with E-state index in [0.717, 1.165) is 41.8 Å². The van der Waals surface area contributed by atoms with Crippen LogP contribution in [0, 0.1) is 0 Å². The molecule has 0 bridgehead atoms. The maximum atomic E-state index is 4.22. The number of nitrogens with one attached hydrogen (secondary N) is 1. The van der Waals surface area contributed by atoms with Crippen LogP contribution in [0.2, 0.25) is 0 Å². The number of aromatic amines is 1. The average Bonchev–Trinajstić information content (AvgIpc) is 2.83. The molecule has 0 aliphatic carbocycles. The molecule has 0 radical (unpaired) electrons. The third kappa shape index (κ3) is 1.54. The SMILES string of the molecule is c1cc(-c2nnc3n2CCSCC3)[nH]n1. The van der Waals surface area contributed by atoms with Gasteiger partial charge >= 0.3 is 0 Å². The van der Waals surface area contributed by atoms with Gasteiger partial charge in [0.1, 0.15) is 11.5 Å². The van der Waals surface area contributed by atoms with Gasteiger partial charge in [0.25, 0.3) is 0 Å². The number of H-pyrrole nitrogens is 1. The number of hydrogen-bond donors (Lipinski definition) is 1. The normalized spacial score (nSPS) is 16.0. The van der Waals surface area contributed by atoms with E-state index in [0.29, 0.717) is 0 Å². The maximum Gasteiger partial charge on any atom is 0.182 e. The van der Waals surface area contributed by atoms with Crippen LogP contribution in [0.5, 0.6) is 0 Å². The molecule has 78 valence electrons. The monoisotopic (exact) mass is 221 g/mol. The topological polar surface area (TPSA) is 59.4 Å². The molecule has 1 aliphatic heterocycles. The Hall–Kier alpha value is -1.30. The van der Waals surface area contributed by atoms with Gasteiger partial charge in [0, 0.05) is 30.7 Å². The number of thioether (sulfide) groups is 1. The lowest BCUT2D eigenvalue weighted by Gasteiger charge is -2.03. The molecule has 6 heteroatoms. The Balaban J connectivity index is 2.06. The third-order valence-electron chi connectivity index (χ3n) is 2.50. The van der Waals surface area contributed by atoms with Gasteiger partial charge in [-0.05, 0) is 6.07 Å². The van der Waals surface area contributed by atoms with Crippen molar-refractivity contribution in [1.29, 1.82) is 0 Å². The van der Waals surface area contributed by atoms with E-state index in [1.54, 1.807) is 6.20 Å². The van der Waals surface area contributed by atoms with Crippen molar-refractivity contribution in [3.8, 4) is 11.5 Å². The summed E-state index contributed by atoms with van der Waals surface area (Å²) in [4.78, 5) is 0. The first-order valence-electron chi connectivity index (χ1n) is 4.95. The summed E-state index contributed by atoms with van der Waals surface area (Å²) in [5, 5.41) is 15.3. The quantitative estimate of drug-likeness (QED) is 0.779. The minimum absolute atomic E-state index is 0.907. The van der Waals surface area contributed by atoms with Gasteiger partial charge in [0.05, 0.1) is 0 Å². The summed E-state index contributed by atoms with van der Waals surface area (Å²) in [6.45, 7) is 0.987. The standard InChI is InChI=1S/C9H11N5S/c1-3-10-11-7(1)9-13-12-8-2-5-15-6-4-14(8)9/h1,3H,2,4-6H2,(H,10,11). The Labute approximate surface area is 91.3 Å². The molecule has 0 unspecified atom stereocenters. The summed E-state index contributed by atoms with van der Waals surface area (Å²) >= 11 is 1.97. The van der Waals surface area contributed by atoms with Crippen molar-refractivity contribution in [2.75, 3.05) is 11.5 Å². The summed E-state index contributed by atoms with van der Waals surface area (Å²) in [6.07, 6.45) is 2.74. The first-order chi connectivity index (χ1) is 7.45. The van der Waals surface area contributed by atoms with Crippen molar-refractivity contribution in [2.45, 2.75) is 13.0 Å². The summed E-state index contributed by atoms with van der Waals surface area (Å²) in [5.41, 5.74) is 0.945. The largest absolute Gasteiger partial charge is 0.309 e. The highest BCUT2D eigenvalue weighted by Gasteiger charge is 2.16. The molecule has 0 aromatic carbocycles. The van der Waals surface area contributed by atoms with E-state index < -0.39 is 0 Å². The van der Waals surface area contributed by atoms with Gasteiger partial charge in [0.2, 0.25) is 0 Å². The smallest absolute Gasteiger partial charge is 0.182 e. The van der Waals surface area contributed by atoms with Gasteiger partial charge in [-0.3, -0.25) is 5.10 Å². The fraction of sp³-hybridized carbons (Fsp3) is 0.444. The molecule has 0 spiro atoms. The number of rotatable bonds is 1. The highest BCUT2D eigenvalue weighted by molar-refractivity contribution is 7.99. The minimum atomic E-state index is 0.907. The van der Waals surface area contributed by atoms with Crippen molar-refractivity contribution in [3.05, 3.63) is 18.1 Å². The van der Waals surface area contributed by atoms with Crippen molar-refractivity contribution in [1.82, 2.24) is 25.0 Å². The van der Waals surface area contributed by atoms with Crippen molar-refractivity contribution in [2.24, 2.45) is 0 Å². The fourth-order valence-corrected chi connectivity index (χ4v) is 2.60. The van der Waals surface area contributed by atoms with Crippen LogP contribution >= 0.6 is 11.8 Å². The van der Waals surface area contributed by atoms with E-state index in [4.69, 9.17) is 0 Å². The Morgan fingerprint density at radius 3 is 3.20 bits per heavy atom. The molecule has 0 saturated carbocycles. The lowest BCUT2D eigenvalue weighted by atomic mass is 10.4. The van der Waals surface area contributed by atoms with Crippen LogP contribution in [0.15, 0.2) is 12.3 Å². The zero-order chi connectivity index (χ0) is 10.1. The zero-order valence-electron chi connectivity index (χ0n) is 8.18. The molecule has 0 atom stereocenters. The van der Waals surface area contributed by atoms with Crippen LogP contribution < -0.4 is 0 Å². The molecule has 5 nitrogen and oxygen atoms in total. The summed E-state index contributed by atoms with van der Waals surface area (Å²) in [7, 11) is 0. The van der Waals surface area contributed by atoms with Crippen molar-refractivity contribution < 1.29 is 0 Å². The molecule has 0 saturated heterocycles. The summed E-state index contributed by atoms with van der Waals surface area (Å²) in [6, 6.07) is 1.93. The molecule has 0 fully saturated rings. The lowest BCUT2D eigenvalue weighted by molar-refractivity contribution is 0.729. The number of aromatic nitrogens is 5. The van der Waals surface area contributed by atoms with E-state index in [-0.39, 0.29) is 0 Å². The van der Waals surface area contributed by atoms with Gasteiger partial charge < -0.3 is 4.57 Å². The molecule has 2 aromatic rings. The molecule has 15 heavy (non-hydrogen) atoms. The van der Waals surface area contributed by atoms with Crippen LogP contribution in [-0.4, -0.2) is 36.5 Å². The number of hydrogen-bond acceptors (Lipinski definition) is 4. The molecule has 3 heterocycles. The second-order valence-corrected chi connectivity index (χ2v) is 4.65. The maximum absolute atomic E-state index is 4.22. The zero-order valence-corrected chi connectivity index (χ0v) is 9.00. The second kappa shape index (κ2) is 3.69. The van der Waals surface area contributed by atoms with Crippen LogP contribution in [0.3, 0.4) is 0 Å². The molecular weight excluding hydrogens is 210 g/mol. The van der Waals surface area contributed by atoms with E-state index in [1.165, 1.54) is 0 Å². The Bertz CT molecular complexity index is 447. The Kier molecular flexibility index (Phi) is 2.21. The molecule has 1 N–H and O–H groups in total. The molecule has 1 aliphatic rings. The number of fused-ring (bicyclic) bond motifs is 1. The molecule has 3 rings (SSSR count). The average molecular weight is 221 g/mol. The van der Waals surface area contributed by atoms with Gasteiger partial charge in [-0.1, -0.05) is 0 Å². The van der Waals surface area contributed by atoms with Crippen LogP contribution in [0.1, 0.15) is 5.82 Å². The first-order valence-corrected chi connectivity index (χ1v) is 6.10. The number of nitrogens with zero attached hydrogens (tertiary/aromatic N) is 4.